The molecule has 1 rings (SSSR count). The van der Waals surface area contributed by atoms with Crippen molar-refractivity contribution in [3.8, 4) is 0 Å². The first-order valence-electron chi connectivity index (χ1n) is 5.26. The summed E-state index contributed by atoms with van der Waals surface area (Å²) in [6.07, 6.45) is 6.72. The minimum atomic E-state index is -0.588. The zero-order valence-electron chi connectivity index (χ0n) is 9.19. The summed E-state index contributed by atoms with van der Waals surface area (Å²) in [6, 6.07) is 0. The van der Waals surface area contributed by atoms with Crippen molar-refractivity contribution in [3.05, 3.63) is 0 Å². The van der Waals surface area contributed by atoms with Crippen LogP contribution in [0.3, 0.4) is 0 Å². The van der Waals surface area contributed by atoms with Gasteiger partial charge in [-0.05, 0) is 18.3 Å². The summed E-state index contributed by atoms with van der Waals surface area (Å²) in [5.74, 6) is 0.147. The van der Waals surface area contributed by atoms with Gasteiger partial charge >= 0.3 is 0 Å². The normalized spacial score (nSPS) is 25.9. The molecule has 0 radical (unpaired) electrons. The molecule has 1 atom stereocenters. The van der Waals surface area contributed by atoms with Crippen molar-refractivity contribution < 1.29 is 9.59 Å². The molecule has 0 aromatic carbocycles. The van der Waals surface area contributed by atoms with Crippen molar-refractivity contribution in [3.63, 3.8) is 0 Å². The SMILES string of the molecule is CC1(C)CCCCC1C(N=C=O)N=C=O. The Bertz CT molecular complexity index is 295. The molecule has 0 aliphatic heterocycles. The largest absolute Gasteiger partial charge is 0.237 e. The van der Waals surface area contributed by atoms with E-state index < -0.39 is 6.17 Å². The lowest BCUT2D eigenvalue weighted by Gasteiger charge is -2.39. The van der Waals surface area contributed by atoms with Gasteiger partial charge in [0, 0.05) is 5.92 Å². The van der Waals surface area contributed by atoms with E-state index in [1.54, 1.807) is 0 Å². The van der Waals surface area contributed by atoms with Gasteiger partial charge in [-0.1, -0.05) is 26.7 Å². The maximum absolute atomic E-state index is 10.3. The van der Waals surface area contributed by atoms with Gasteiger partial charge in [-0.2, -0.15) is 9.98 Å². The van der Waals surface area contributed by atoms with E-state index in [0.29, 0.717) is 0 Å². The first-order chi connectivity index (χ1) is 7.11. The molecular weight excluding hydrogens is 192 g/mol. The summed E-state index contributed by atoms with van der Waals surface area (Å²) in [5, 5.41) is 0. The molecule has 1 fully saturated rings. The fourth-order valence-corrected chi connectivity index (χ4v) is 2.39. The summed E-state index contributed by atoms with van der Waals surface area (Å²) in [4.78, 5) is 27.7. The van der Waals surface area contributed by atoms with E-state index in [-0.39, 0.29) is 11.3 Å². The molecule has 1 unspecified atom stereocenters. The van der Waals surface area contributed by atoms with E-state index in [9.17, 15) is 9.59 Å². The van der Waals surface area contributed by atoms with E-state index in [1.165, 1.54) is 18.6 Å². The Morgan fingerprint density at radius 2 is 1.80 bits per heavy atom. The Labute approximate surface area is 89.5 Å². The van der Waals surface area contributed by atoms with Crippen molar-refractivity contribution in [2.24, 2.45) is 21.3 Å². The highest BCUT2D eigenvalue weighted by Crippen LogP contribution is 2.43. The number of hydrogen-bond donors (Lipinski definition) is 0. The van der Waals surface area contributed by atoms with Crippen LogP contribution in [0.2, 0.25) is 0 Å². The smallest absolute Gasteiger partial charge is 0.211 e. The Morgan fingerprint density at radius 3 is 2.27 bits per heavy atom. The van der Waals surface area contributed by atoms with Gasteiger partial charge in [0.25, 0.3) is 0 Å². The van der Waals surface area contributed by atoms with Gasteiger partial charge in [0.05, 0.1) is 0 Å². The molecule has 4 heteroatoms. The molecule has 0 aromatic rings. The predicted octanol–water partition coefficient (Wildman–Crippen LogP) is 2.20. The number of rotatable bonds is 3. The second-order valence-electron chi connectivity index (χ2n) is 4.70. The van der Waals surface area contributed by atoms with Crippen molar-refractivity contribution in [1.82, 2.24) is 0 Å². The van der Waals surface area contributed by atoms with Gasteiger partial charge in [-0.25, -0.2) is 9.59 Å². The average molecular weight is 208 g/mol. The molecule has 0 spiro atoms. The van der Waals surface area contributed by atoms with E-state index in [4.69, 9.17) is 0 Å². The lowest BCUT2D eigenvalue weighted by Crippen LogP contribution is -2.35. The number of hydrogen-bond acceptors (Lipinski definition) is 4. The molecular formula is C11H16N2O2. The molecule has 15 heavy (non-hydrogen) atoms. The third-order valence-electron chi connectivity index (χ3n) is 3.32. The summed E-state index contributed by atoms with van der Waals surface area (Å²) in [5.41, 5.74) is 0.0730. The van der Waals surface area contributed by atoms with E-state index in [2.05, 4.69) is 23.8 Å². The number of carbonyl (C=O) groups excluding carboxylic acids is 2. The topological polar surface area (TPSA) is 58.9 Å². The highest BCUT2D eigenvalue weighted by Gasteiger charge is 2.37. The van der Waals surface area contributed by atoms with Crippen LogP contribution >= 0.6 is 0 Å². The van der Waals surface area contributed by atoms with E-state index in [0.717, 1.165) is 19.3 Å². The van der Waals surface area contributed by atoms with Gasteiger partial charge in [0.2, 0.25) is 12.2 Å². The van der Waals surface area contributed by atoms with Gasteiger partial charge in [0.15, 0.2) is 6.17 Å². The molecule has 0 amide bonds. The monoisotopic (exact) mass is 208 g/mol. The summed E-state index contributed by atoms with van der Waals surface area (Å²) < 4.78 is 0. The maximum atomic E-state index is 10.3. The molecule has 4 nitrogen and oxygen atoms in total. The molecule has 0 saturated heterocycles. The van der Waals surface area contributed by atoms with Crippen LogP contribution in [0, 0.1) is 11.3 Å². The molecule has 82 valence electrons. The van der Waals surface area contributed by atoms with E-state index in [1.807, 2.05) is 0 Å². The van der Waals surface area contributed by atoms with E-state index >= 15 is 0 Å². The van der Waals surface area contributed by atoms with Gasteiger partial charge < -0.3 is 0 Å². The quantitative estimate of drug-likeness (QED) is 0.527. The van der Waals surface area contributed by atoms with Gasteiger partial charge in [0.1, 0.15) is 0 Å². The molecule has 0 N–H and O–H groups in total. The number of nitrogens with zero attached hydrogens (tertiary/aromatic N) is 2. The summed E-state index contributed by atoms with van der Waals surface area (Å²) >= 11 is 0. The molecule has 0 heterocycles. The fourth-order valence-electron chi connectivity index (χ4n) is 2.39. The second kappa shape index (κ2) is 5.01. The third kappa shape index (κ3) is 2.85. The molecule has 0 bridgehead atoms. The van der Waals surface area contributed by atoms with Crippen LogP contribution in [0.25, 0.3) is 0 Å². The Balaban J connectivity index is 2.89. The van der Waals surface area contributed by atoms with Crippen LogP contribution in [0.4, 0.5) is 0 Å². The first-order valence-corrected chi connectivity index (χ1v) is 5.26. The summed E-state index contributed by atoms with van der Waals surface area (Å²) in [7, 11) is 0. The Morgan fingerprint density at radius 1 is 1.20 bits per heavy atom. The van der Waals surface area contributed by atoms with Crippen LogP contribution < -0.4 is 0 Å². The molecule has 1 saturated carbocycles. The van der Waals surface area contributed by atoms with Crippen molar-refractivity contribution in [2.45, 2.75) is 45.7 Å². The molecule has 1 aliphatic carbocycles. The van der Waals surface area contributed by atoms with Crippen LogP contribution in [0.15, 0.2) is 9.98 Å². The lowest BCUT2D eigenvalue weighted by molar-refractivity contribution is 0.116. The van der Waals surface area contributed by atoms with Crippen molar-refractivity contribution in [2.75, 3.05) is 0 Å². The Kier molecular flexibility index (Phi) is 3.96. The lowest BCUT2D eigenvalue weighted by atomic mass is 9.67. The second-order valence-corrected chi connectivity index (χ2v) is 4.70. The van der Waals surface area contributed by atoms with Crippen LogP contribution in [-0.2, 0) is 9.59 Å². The van der Waals surface area contributed by atoms with Gasteiger partial charge in [-0.15, -0.1) is 0 Å². The van der Waals surface area contributed by atoms with Crippen LogP contribution in [0.5, 0.6) is 0 Å². The zero-order chi connectivity index (χ0) is 11.3. The average Bonchev–Trinajstić information content (AvgIpc) is 2.17. The summed E-state index contributed by atoms with van der Waals surface area (Å²) in [6.45, 7) is 4.26. The van der Waals surface area contributed by atoms with Gasteiger partial charge in [-0.3, -0.25) is 0 Å². The highest BCUT2D eigenvalue weighted by molar-refractivity contribution is 5.37. The zero-order valence-corrected chi connectivity index (χ0v) is 9.19. The third-order valence-corrected chi connectivity index (χ3v) is 3.32. The predicted molar refractivity (Wildman–Crippen MR) is 55.8 cm³/mol. The van der Waals surface area contributed by atoms with Crippen LogP contribution in [-0.4, -0.2) is 18.3 Å². The van der Waals surface area contributed by atoms with Crippen molar-refractivity contribution >= 4 is 12.2 Å². The van der Waals surface area contributed by atoms with Crippen LogP contribution in [0.1, 0.15) is 39.5 Å². The Hall–Kier alpha value is -1.24. The number of isocyanates is 2. The van der Waals surface area contributed by atoms with Crippen molar-refractivity contribution in [1.29, 1.82) is 0 Å². The minimum absolute atomic E-state index is 0.0730. The first kappa shape index (κ1) is 11.8. The fraction of sp³-hybridized carbons (Fsp3) is 0.818. The molecule has 1 aliphatic rings. The highest BCUT2D eigenvalue weighted by atomic mass is 16.1. The maximum Gasteiger partial charge on any atom is 0.237 e. The molecule has 0 aromatic heterocycles. The number of aliphatic imine (C=N–C) groups is 2. The standard InChI is InChI=1S/C11H16N2O2/c1-11(2)6-4-3-5-9(11)10(12-7-14)13-8-15/h9-10H,3-6H2,1-2H3. The minimum Gasteiger partial charge on any atom is -0.211 e.